The second-order valence-corrected chi connectivity index (χ2v) is 5.39. The number of aliphatic hydroxyl groups excluding tert-OH is 1. The van der Waals surface area contributed by atoms with Crippen molar-refractivity contribution in [2.24, 2.45) is 0 Å². The zero-order valence-electron chi connectivity index (χ0n) is 9.63. The Morgan fingerprint density at radius 2 is 2.12 bits per heavy atom. The normalized spacial score (nSPS) is 24.2. The molecule has 2 nitrogen and oxygen atoms in total. The van der Waals surface area contributed by atoms with E-state index < -0.39 is 0 Å². The van der Waals surface area contributed by atoms with Gasteiger partial charge in [0.05, 0.1) is 6.10 Å². The van der Waals surface area contributed by atoms with E-state index in [-0.39, 0.29) is 12.1 Å². The van der Waals surface area contributed by atoms with Crippen LogP contribution in [0.15, 0.2) is 18.2 Å². The smallest absolute Gasteiger partial charge is 0.0693 e. The average Bonchev–Trinajstić information content (AvgIpc) is 2.68. The lowest BCUT2D eigenvalue weighted by Crippen LogP contribution is -2.36. The molecule has 2 rings (SSSR count). The Bertz CT molecular complexity index is 384. The number of aliphatic hydroxyl groups is 1. The number of rotatable bonds is 4. The van der Waals surface area contributed by atoms with Crippen molar-refractivity contribution in [1.29, 1.82) is 0 Å². The van der Waals surface area contributed by atoms with Crippen LogP contribution in [0.2, 0.25) is 10.0 Å². The van der Waals surface area contributed by atoms with Gasteiger partial charge >= 0.3 is 0 Å². The van der Waals surface area contributed by atoms with Crippen LogP contribution < -0.4 is 5.32 Å². The zero-order chi connectivity index (χ0) is 12.3. The lowest BCUT2D eigenvalue weighted by atomic mass is 10.1. The molecule has 0 bridgehead atoms. The van der Waals surface area contributed by atoms with Crippen LogP contribution in [0.25, 0.3) is 0 Å². The van der Waals surface area contributed by atoms with Gasteiger partial charge in [-0.3, -0.25) is 0 Å². The minimum absolute atomic E-state index is 0.185. The molecule has 2 N–H and O–H groups in total. The molecular formula is C13H17Cl2NO. The van der Waals surface area contributed by atoms with Gasteiger partial charge in [0.2, 0.25) is 0 Å². The summed E-state index contributed by atoms with van der Waals surface area (Å²) in [4.78, 5) is 0. The second kappa shape index (κ2) is 6.05. The fourth-order valence-corrected chi connectivity index (χ4v) is 2.80. The molecular weight excluding hydrogens is 257 g/mol. The molecule has 17 heavy (non-hydrogen) atoms. The molecule has 1 aromatic rings. The summed E-state index contributed by atoms with van der Waals surface area (Å²) in [5, 5.41) is 14.4. The van der Waals surface area contributed by atoms with E-state index in [2.05, 4.69) is 5.32 Å². The Kier molecular flexibility index (Phi) is 4.69. The molecule has 1 saturated carbocycles. The van der Waals surface area contributed by atoms with Crippen molar-refractivity contribution in [2.75, 3.05) is 6.54 Å². The van der Waals surface area contributed by atoms with E-state index in [9.17, 15) is 5.11 Å². The van der Waals surface area contributed by atoms with Crippen LogP contribution in [0.1, 0.15) is 24.8 Å². The monoisotopic (exact) mass is 273 g/mol. The van der Waals surface area contributed by atoms with E-state index in [0.717, 1.165) is 37.8 Å². The number of nitrogens with one attached hydrogen (secondary N) is 1. The number of halogens is 2. The summed E-state index contributed by atoms with van der Waals surface area (Å²) in [6.07, 6.45) is 3.77. The molecule has 0 aromatic heterocycles. The molecule has 1 fully saturated rings. The summed E-state index contributed by atoms with van der Waals surface area (Å²) in [6.45, 7) is 0.836. The molecule has 0 spiro atoms. The Morgan fingerprint density at radius 3 is 2.76 bits per heavy atom. The van der Waals surface area contributed by atoms with Gasteiger partial charge in [0.15, 0.2) is 0 Å². The van der Waals surface area contributed by atoms with Crippen molar-refractivity contribution in [2.45, 2.75) is 37.8 Å². The third-order valence-corrected chi connectivity index (χ3v) is 3.88. The Labute approximate surface area is 112 Å². The SMILES string of the molecule is O[C@@H]1CCC[C@H]1NCCc1ccc(Cl)cc1Cl. The molecule has 2 atom stereocenters. The van der Waals surface area contributed by atoms with E-state index >= 15 is 0 Å². The molecule has 1 aliphatic rings. The van der Waals surface area contributed by atoms with Gasteiger partial charge in [-0.05, 0) is 49.9 Å². The predicted octanol–water partition coefficient (Wildman–Crippen LogP) is 3.04. The van der Waals surface area contributed by atoms with Crippen LogP contribution in [0, 0.1) is 0 Å². The van der Waals surface area contributed by atoms with Gasteiger partial charge in [-0.2, -0.15) is 0 Å². The van der Waals surface area contributed by atoms with Gasteiger partial charge in [-0.25, -0.2) is 0 Å². The second-order valence-electron chi connectivity index (χ2n) is 4.54. The Balaban J connectivity index is 1.81. The molecule has 1 aliphatic carbocycles. The molecule has 0 unspecified atom stereocenters. The van der Waals surface area contributed by atoms with E-state index in [1.807, 2.05) is 12.1 Å². The van der Waals surface area contributed by atoms with E-state index in [4.69, 9.17) is 23.2 Å². The standard InChI is InChI=1S/C13H17Cl2NO/c14-10-5-4-9(11(15)8-10)6-7-16-12-2-1-3-13(12)17/h4-5,8,12-13,16-17H,1-3,6-7H2/t12-,13-/m1/s1. The summed E-state index contributed by atoms with van der Waals surface area (Å²) in [5.41, 5.74) is 1.09. The molecule has 0 radical (unpaired) electrons. The van der Waals surface area contributed by atoms with Gasteiger partial charge < -0.3 is 10.4 Å². The van der Waals surface area contributed by atoms with Gasteiger partial charge in [-0.15, -0.1) is 0 Å². The number of hydrogen-bond donors (Lipinski definition) is 2. The van der Waals surface area contributed by atoms with Gasteiger partial charge in [0, 0.05) is 16.1 Å². The van der Waals surface area contributed by atoms with Gasteiger partial charge in [0.1, 0.15) is 0 Å². The highest BCUT2D eigenvalue weighted by Crippen LogP contribution is 2.22. The van der Waals surface area contributed by atoms with Crippen molar-refractivity contribution >= 4 is 23.2 Å². The molecule has 4 heteroatoms. The quantitative estimate of drug-likeness (QED) is 0.884. The third-order valence-electron chi connectivity index (χ3n) is 3.30. The highest BCUT2D eigenvalue weighted by Gasteiger charge is 2.24. The summed E-state index contributed by atoms with van der Waals surface area (Å²) in [7, 11) is 0. The van der Waals surface area contributed by atoms with Crippen molar-refractivity contribution < 1.29 is 5.11 Å². The van der Waals surface area contributed by atoms with Gasteiger partial charge in [0.25, 0.3) is 0 Å². The van der Waals surface area contributed by atoms with Crippen LogP contribution in [-0.2, 0) is 6.42 Å². The average molecular weight is 274 g/mol. The maximum atomic E-state index is 9.67. The Hall–Kier alpha value is -0.280. The number of hydrogen-bond acceptors (Lipinski definition) is 2. The topological polar surface area (TPSA) is 32.3 Å². The summed E-state index contributed by atoms with van der Waals surface area (Å²) >= 11 is 11.9. The first-order valence-electron chi connectivity index (χ1n) is 6.02. The summed E-state index contributed by atoms with van der Waals surface area (Å²) in [5.74, 6) is 0. The molecule has 0 saturated heterocycles. The fourth-order valence-electron chi connectivity index (χ4n) is 2.30. The maximum absolute atomic E-state index is 9.67. The highest BCUT2D eigenvalue weighted by molar-refractivity contribution is 6.35. The summed E-state index contributed by atoms with van der Waals surface area (Å²) < 4.78 is 0. The Morgan fingerprint density at radius 1 is 1.29 bits per heavy atom. The first kappa shape index (κ1) is 13.2. The predicted molar refractivity (Wildman–Crippen MR) is 71.8 cm³/mol. The van der Waals surface area contributed by atoms with E-state index in [1.165, 1.54) is 0 Å². The van der Waals surface area contributed by atoms with Gasteiger partial charge in [-0.1, -0.05) is 29.3 Å². The summed E-state index contributed by atoms with van der Waals surface area (Å²) in [6, 6.07) is 5.83. The van der Waals surface area contributed by atoms with Crippen molar-refractivity contribution in [3.8, 4) is 0 Å². The number of benzene rings is 1. The highest BCUT2D eigenvalue weighted by atomic mass is 35.5. The van der Waals surface area contributed by atoms with Crippen LogP contribution in [0.5, 0.6) is 0 Å². The molecule has 0 aliphatic heterocycles. The lowest BCUT2D eigenvalue weighted by Gasteiger charge is -2.16. The minimum Gasteiger partial charge on any atom is -0.392 e. The van der Waals surface area contributed by atoms with Crippen molar-refractivity contribution in [1.82, 2.24) is 5.32 Å². The van der Waals surface area contributed by atoms with E-state index in [0.29, 0.717) is 10.0 Å². The van der Waals surface area contributed by atoms with Crippen LogP contribution >= 0.6 is 23.2 Å². The molecule has 94 valence electrons. The van der Waals surface area contributed by atoms with Crippen molar-refractivity contribution in [3.05, 3.63) is 33.8 Å². The molecule has 1 aromatic carbocycles. The van der Waals surface area contributed by atoms with Crippen LogP contribution in [0.4, 0.5) is 0 Å². The van der Waals surface area contributed by atoms with Crippen molar-refractivity contribution in [3.63, 3.8) is 0 Å². The maximum Gasteiger partial charge on any atom is 0.0693 e. The third kappa shape index (κ3) is 3.59. The lowest BCUT2D eigenvalue weighted by molar-refractivity contribution is 0.149. The minimum atomic E-state index is -0.185. The molecule has 0 amide bonds. The fraction of sp³-hybridized carbons (Fsp3) is 0.538. The zero-order valence-corrected chi connectivity index (χ0v) is 11.1. The van der Waals surface area contributed by atoms with Crippen LogP contribution in [-0.4, -0.2) is 23.8 Å². The van der Waals surface area contributed by atoms with E-state index in [1.54, 1.807) is 6.07 Å². The first-order chi connectivity index (χ1) is 8.16. The molecule has 0 heterocycles. The van der Waals surface area contributed by atoms with Crippen LogP contribution in [0.3, 0.4) is 0 Å². The largest absolute Gasteiger partial charge is 0.392 e. The first-order valence-corrected chi connectivity index (χ1v) is 6.78.